The molecule has 4 nitrogen and oxygen atoms in total. The first-order chi connectivity index (χ1) is 7.06. The van der Waals surface area contributed by atoms with Crippen LogP contribution in [0.15, 0.2) is 6.33 Å². The third kappa shape index (κ3) is 3.02. The minimum Gasteiger partial charge on any atom is -0.328 e. The van der Waals surface area contributed by atoms with E-state index in [0.717, 1.165) is 18.7 Å². The molecule has 15 heavy (non-hydrogen) atoms. The van der Waals surface area contributed by atoms with Crippen molar-refractivity contribution in [2.45, 2.75) is 52.6 Å². The Morgan fingerprint density at radius 2 is 2.07 bits per heavy atom. The van der Waals surface area contributed by atoms with Gasteiger partial charge in [-0.3, -0.25) is 0 Å². The van der Waals surface area contributed by atoms with Gasteiger partial charge in [-0.2, -0.15) is 5.10 Å². The Labute approximate surface area is 91.9 Å². The molecule has 0 amide bonds. The van der Waals surface area contributed by atoms with Crippen LogP contribution in [0.5, 0.6) is 0 Å². The summed E-state index contributed by atoms with van der Waals surface area (Å²) in [6, 6.07) is 0.584. The van der Waals surface area contributed by atoms with Crippen molar-refractivity contribution in [2.75, 3.05) is 0 Å². The van der Waals surface area contributed by atoms with Gasteiger partial charge in [-0.1, -0.05) is 13.3 Å². The lowest BCUT2D eigenvalue weighted by Crippen LogP contribution is -2.29. The van der Waals surface area contributed by atoms with Crippen LogP contribution < -0.4 is 5.73 Å². The summed E-state index contributed by atoms with van der Waals surface area (Å²) in [7, 11) is 0. The molecule has 0 aliphatic heterocycles. The number of hydrogen-bond donors (Lipinski definition) is 1. The van der Waals surface area contributed by atoms with Gasteiger partial charge >= 0.3 is 0 Å². The zero-order valence-corrected chi connectivity index (χ0v) is 10.1. The largest absolute Gasteiger partial charge is 0.328 e. The summed E-state index contributed by atoms with van der Waals surface area (Å²) in [5.74, 6) is 1.54. The van der Waals surface area contributed by atoms with Gasteiger partial charge in [0.05, 0.1) is 0 Å². The highest BCUT2D eigenvalue weighted by molar-refractivity contribution is 4.90. The summed E-state index contributed by atoms with van der Waals surface area (Å²) < 4.78 is 1.98. The van der Waals surface area contributed by atoms with Crippen LogP contribution in [0.3, 0.4) is 0 Å². The molecule has 0 aliphatic carbocycles. The van der Waals surface area contributed by atoms with Gasteiger partial charge in [-0.25, -0.2) is 9.67 Å². The van der Waals surface area contributed by atoms with Gasteiger partial charge in [0.1, 0.15) is 12.2 Å². The van der Waals surface area contributed by atoms with E-state index >= 15 is 0 Å². The monoisotopic (exact) mass is 210 g/mol. The molecule has 0 spiro atoms. The molecule has 1 heterocycles. The second-order valence-corrected chi connectivity index (χ2v) is 4.45. The Morgan fingerprint density at radius 1 is 1.40 bits per heavy atom. The summed E-state index contributed by atoms with van der Waals surface area (Å²) in [5.41, 5.74) is 5.93. The van der Waals surface area contributed by atoms with Gasteiger partial charge < -0.3 is 5.73 Å². The molecule has 4 heteroatoms. The van der Waals surface area contributed by atoms with Crippen molar-refractivity contribution in [1.29, 1.82) is 0 Å². The van der Waals surface area contributed by atoms with Crippen LogP contribution >= 0.6 is 0 Å². The molecular weight excluding hydrogens is 188 g/mol. The summed E-state index contributed by atoms with van der Waals surface area (Å²) in [4.78, 5) is 4.30. The summed E-state index contributed by atoms with van der Waals surface area (Å²) in [6.45, 7) is 8.46. The molecular formula is C11H22N4. The molecule has 0 radical (unpaired) electrons. The van der Waals surface area contributed by atoms with E-state index in [4.69, 9.17) is 5.73 Å². The normalized spacial score (nSPS) is 15.6. The Bertz CT molecular complexity index is 291. The fraction of sp³-hybridized carbons (Fsp3) is 0.818. The Balaban J connectivity index is 2.74. The fourth-order valence-corrected chi connectivity index (χ4v) is 1.79. The van der Waals surface area contributed by atoms with Crippen molar-refractivity contribution in [2.24, 2.45) is 11.7 Å². The van der Waals surface area contributed by atoms with Crippen LogP contribution in [0.2, 0.25) is 0 Å². The standard InChI is InChI=1S/C11H22N4/c1-5-10(9(4)12)6-11-13-7-14-15(11)8(2)3/h7-10H,5-6,12H2,1-4H3. The highest BCUT2D eigenvalue weighted by Gasteiger charge is 2.16. The lowest BCUT2D eigenvalue weighted by molar-refractivity contribution is 0.397. The molecule has 0 bridgehead atoms. The van der Waals surface area contributed by atoms with Crippen LogP contribution in [0.1, 0.15) is 46.0 Å². The molecule has 1 aromatic heterocycles. The molecule has 2 atom stereocenters. The summed E-state index contributed by atoms with van der Waals surface area (Å²) in [5, 5.41) is 4.23. The second-order valence-electron chi connectivity index (χ2n) is 4.45. The highest BCUT2D eigenvalue weighted by atomic mass is 15.3. The zero-order chi connectivity index (χ0) is 11.4. The third-order valence-corrected chi connectivity index (χ3v) is 2.85. The van der Waals surface area contributed by atoms with E-state index in [1.165, 1.54) is 0 Å². The van der Waals surface area contributed by atoms with E-state index in [9.17, 15) is 0 Å². The maximum atomic E-state index is 5.93. The minimum absolute atomic E-state index is 0.215. The van der Waals surface area contributed by atoms with Crippen molar-refractivity contribution >= 4 is 0 Å². The first-order valence-electron chi connectivity index (χ1n) is 5.70. The summed E-state index contributed by atoms with van der Waals surface area (Å²) >= 11 is 0. The highest BCUT2D eigenvalue weighted by Crippen LogP contribution is 2.15. The third-order valence-electron chi connectivity index (χ3n) is 2.85. The molecule has 86 valence electrons. The number of nitrogens with zero attached hydrogens (tertiary/aromatic N) is 3. The van der Waals surface area contributed by atoms with Gasteiger partial charge in [0.15, 0.2) is 0 Å². The maximum Gasteiger partial charge on any atom is 0.138 e. The Kier molecular flexibility index (Phi) is 4.27. The Morgan fingerprint density at radius 3 is 2.53 bits per heavy atom. The first kappa shape index (κ1) is 12.2. The van der Waals surface area contributed by atoms with Crippen LogP contribution in [-0.4, -0.2) is 20.8 Å². The number of nitrogens with two attached hydrogens (primary N) is 1. The van der Waals surface area contributed by atoms with Crippen molar-refractivity contribution in [3.8, 4) is 0 Å². The van der Waals surface area contributed by atoms with Crippen molar-refractivity contribution < 1.29 is 0 Å². The second kappa shape index (κ2) is 5.26. The number of aromatic nitrogens is 3. The molecule has 0 aliphatic rings. The van der Waals surface area contributed by atoms with Crippen LogP contribution in [-0.2, 0) is 6.42 Å². The number of rotatable bonds is 5. The van der Waals surface area contributed by atoms with Crippen LogP contribution in [0.4, 0.5) is 0 Å². The van der Waals surface area contributed by atoms with Gasteiger partial charge in [-0.05, 0) is 26.7 Å². The molecule has 1 rings (SSSR count). The predicted molar refractivity (Wildman–Crippen MR) is 61.5 cm³/mol. The van der Waals surface area contributed by atoms with Crippen LogP contribution in [0.25, 0.3) is 0 Å². The average molecular weight is 210 g/mol. The molecule has 0 fully saturated rings. The van der Waals surface area contributed by atoms with Gasteiger partial charge in [0.25, 0.3) is 0 Å². The van der Waals surface area contributed by atoms with Crippen molar-refractivity contribution in [3.05, 3.63) is 12.2 Å². The topological polar surface area (TPSA) is 56.7 Å². The van der Waals surface area contributed by atoms with Gasteiger partial charge in [0.2, 0.25) is 0 Å². The molecule has 0 saturated carbocycles. The lowest BCUT2D eigenvalue weighted by atomic mass is 9.95. The van der Waals surface area contributed by atoms with E-state index in [-0.39, 0.29) is 6.04 Å². The molecule has 0 saturated heterocycles. The SMILES string of the molecule is CCC(Cc1ncnn1C(C)C)C(C)N. The van der Waals surface area contributed by atoms with Crippen molar-refractivity contribution in [3.63, 3.8) is 0 Å². The number of hydrogen-bond acceptors (Lipinski definition) is 3. The molecule has 2 unspecified atom stereocenters. The predicted octanol–water partition coefficient (Wildman–Crippen LogP) is 1.77. The summed E-state index contributed by atoms with van der Waals surface area (Å²) in [6.07, 6.45) is 3.64. The minimum atomic E-state index is 0.215. The average Bonchev–Trinajstić information content (AvgIpc) is 2.61. The first-order valence-corrected chi connectivity index (χ1v) is 5.70. The van der Waals surface area contributed by atoms with E-state index in [2.05, 4.69) is 37.8 Å². The molecule has 2 N–H and O–H groups in total. The van der Waals surface area contributed by atoms with E-state index in [1.54, 1.807) is 6.33 Å². The van der Waals surface area contributed by atoms with Crippen molar-refractivity contribution in [1.82, 2.24) is 14.8 Å². The van der Waals surface area contributed by atoms with E-state index < -0.39 is 0 Å². The van der Waals surface area contributed by atoms with Gasteiger partial charge in [0, 0.05) is 18.5 Å². The lowest BCUT2D eigenvalue weighted by Gasteiger charge is -2.19. The molecule has 1 aromatic rings. The van der Waals surface area contributed by atoms with Gasteiger partial charge in [-0.15, -0.1) is 0 Å². The molecule has 0 aromatic carbocycles. The quantitative estimate of drug-likeness (QED) is 0.806. The fourth-order valence-electron chi connectivity index (χ4n) is 1.79. The Hall–Kier alpha value is -0.900. The maximum absolute atomic E-state index is 5.93. The zero-order valence-electron chi connectivity index (χ0n) is 10.1. The van der Waals surface area contributed by atoms with E-state index in [0.29, 0.717) is 12.0 Å². The van der Waals surface area contributed by atoms with E-state index in [1.807, 2.05) is 4.68 Å². The van der Waals surface area contributed by atoms with Crippen LogP contribution in [0, 0.1) is 5.92 Å². The smallest absolute Gasteiger partial charge is 0.138 e.